The second-order valence-corrected chi connectivity index (χ2v) is 7.28. The average molecular weight is 375 g/mol. The molecule has 0 radical (unpaired) electrons. The van der Waals surface area contributed by atoms with E-state index in [1.165, 1.54) is 0 Å². The minimum Gasteiger partial charge on any atom is -0.454 e. The van der Waals surface area contributed by atoms with E-state index in [1.54, 1.807) is 4.68 Å². The molecule has 1 aliphatic carbocycles. The number of nitrogens with one attached hydrogen (secondary N) is 1. The zero-order valence-electron chi connectivity index (χ0n) is 15.6. The first kappa shape index (κ1) is 16.9. The van der Waals surface area contributed by atoms with Gasteiger partial charge in [0.25, 0.3) is 5.91 Å². The van der Waals surface area contributed by atoms with E-state index < -0.39 is 0 Å². The smallest absolute Gasteiger partial charge is 0.270 e. The van der Waals surface area contributed by atoms with Crippen molar-refractivity contribution in [3.63, 3.8) is 0 Å². The van der Waals surface area contributed by atoms with Gasteiger partial charge in [0, 0.05) is 5.92 Å². The summed E-state index contributed by atoms with van der Waals surface area (Å²) >= 11 is 0. The number of benzene rings is 2. The van der Waals surface area contributed by atoms with Gasteiger partial charge in [-0.15, -0.1) is 0 Å². The normalized spacial score (nSPS) is 16.0. The van der Waals surface area contributed by atoms with Gasteiger partial charge in [0.2, 0.25) is 6.79 Å². The Morgan fingerprint density at radius 2 is 1.89 bits per heavy atom. The Bertz CT molecular complexity index is 1020. The Balaban J connectivity index is 1.41. The molecular formula is C22H21N3O3. The van der Waals surface area contributed by atoms with Crippen LogP contribution in [0.25, 0.3) is 5.69 Å². The molecule has 6 nitrogen and oxygen atoms in total. The van der Waals surface area contributed by atoms with Crippen LogP contribution in [0.3, 0.4) is 0 Å². The summed E-state index contributed by atoms with van der Waals surface area (Å²) in [4.78, 5) is 13.1. The molecular weight excluding hydrogens is 354 g/mol. The van der Waals surface area contributed by atoms with E-state index in [-0.39, 0.29) is 18.7 Å². The Hall–Kier alpha value is -3.28. The lowest BCUT2D eigenvalue weighted by atomic mass is 10.1. The van der Waals surface area contributed by atoms with Crippen LogP contribution < -0.4 is 14.8 Å². The third kappa shape index (κ3) is 3.11. The van der Waals surface area contributed by atoms with Crippen LogP contribution in [0.4, 0.5) is 0 Å². The van der Waals surface area contributed by atoms with Crippen LogP contribution in [0.1, 0.15) is 53.5 Å². The molecule has 2 aromatic carbocycles. The number of fused-ring (bicyclic) bond motifs is 1. The number of amides is 1. The van der Waals surface area contributed by atoms with Gasteiger partial charge in [0.15, 0.2) is 11.5 Å². The fourth-order valence-electron chi connectivity index (χ4n) is 3.44. The van der Waals surface area contributed by atoms with Crippen LogP contribution in [-0.4, -0.2) is 22.5 Å². The van der Waals surface area contributed by atoms with E-state index in [2.05, 4.69) is 5.32 Å². The molecule has 6 heteroatoms. The predicted octanol–water partition coefficient (Wildman–Crippen LogP) is 3.97. The lowest BCUT2D eigenvalue weighted by Gasteiger charge is -2.15. The minimum absolute atomic E-state index is 0.145. The fourth-order valence-corrected chi connectivity index (χ4v) is 3.44. The van der Waals surface area contributed by atoms with E-state index in [9.17, 15) is 4.79 Å². The molecule has 0 spiro atoms. The Morgan fingerprint density at radius 1 is 1.11 bits per heavy atom. The van der Waals surface area contributed by atoms with Gasteiger partial charge in [-0.2, -0.15) is 5.10 Å². The zero-order valence-corrected chi connectivity index (χ0v) is 15.6. The van der Waals surface area contributed by atoms with Crippen molar-refractivity contribution in [1.29, 1.82) is 0 Å². The topological polar surface area (TPSA) is 65.4 Å². The van der Waals surface area contributed by atoms with Gasteiger partial charge >= 0.3 is 0 Å². The van der Waals surface area contributed by atoms with Gasteiger partial charge in [-0.25, -0.2) is 4.68 Å². The first-order valence-corrected chi connectivity index (χ1v) is 9.55. The quantitative estimate of drug-likeness (QED) is 0.733. The second kappa shape index (κ2) is 6.71. The molecule has 1 saturated carbocycles. The summed E-state index contributed by atoms with van der Waals surface area (Å²) in [7, 11) is 0. The highest BCUT2D eigenvalue weighted by Crippen LogP contribution is 2.40. The number of hydrogen-bond donors (Lipinski definition) is 1. The summed E-state index contributed by atoms with van der Waals surface area (Å²) in [6.45, 7) is 2.19. The maximum Gasteiger partial charge on any atom is 0.270 e. The number of hydrogen-bond acceptors (Lipinski definition) is 4. The summed E-state index contributed by atoms with van der Waals surface area (Å²) in [5, 5.41) is 7.80. The Labute approximate surface area is 163 Å². The number of aromatic nitrogens is 2. The molecule has 142 valence electrons. The van der Waals surface area contributed by atoms with Crippen molar-refractivity contribution in [2.24, 2.45) is 0 Å². The summed E-state index contributed by atoms with van der Waals surface area (Å²) in [5.41, 5.74) is 3.39. The molecule has 1 atom stereocenters. The summed E-state index contributed by atoms with van der Waals surface area (Å²) in [5.74, 6) is 1.78. The third-order valence-corrected chi connectivity index (χ3v) is 5.20. The SMILES string of the molecule is CC(NC(=O)c1cc(C2CC2)nn1-c1ccccc1)c1ccc2c(c1)OCO2. The number of ether oxygens (including phenoxy) is 2. The van der Waals surface area contributed by atoms with E-state index in [1.807, 2.05) is 61.5 Å². The van der Waals surface area contributed by atoms with E-state index in [0.29, 0.717) is 17.4 Å². The van der Waals surface area contributed by atoms with Crippen LogP contribution in [0.15, 0.2) is 54.6 Å². The highest BCUT2D eigenvalue weighted by Gasteiger charge is 2.29. The molecule has 5 rings (SSSR count). The van der Waals surface area contributed by atoms with Gasteiger partial charge in [0.1, 0.15) is 5.69 Å². The van der Waals surface area contributed by atoms with Gasteiger partial charge in [-0.3, -0.25) is 4.79 Å². The number of rotatable bonds is 5. The highest BCUT2D eigenvalue weighted by atomic mass is 16.7. The first-order chi connectivity index (χ1) is 13.7. The molecule has 1 N–H and O–H groups in total. The Kier molecular flexibility index (Phi) is 4.04. The number of para-hydroxylation sites is 1. The predicted molar refractivity (Wildman–Crippen MR) is 104 cm³/mol. The lowest BCUT2D eigenvalue weighted by molar-refractivity contribution is 0.0932. The molecule has 1 fully saturated rings. The molecule has 0 bridgehead atoms. The van der Waals surface area contributed by atoms with Crippen LogP contribution in [0, 0.1) is 0 Å². The molecule has 28 heavy (non-hydrogen) atoms. The minimum atomic E-state index is -0.175. The summed E-state index contributed by atoms with van der Waals surface area (Å²) in [6, 6.07) is 17.3. The van der Waals surface area contributed by atoms with Crippen molar-refractivity contribution in [2.75, 3.05) is 6.79 Å². The number of nitrogens with zero attached hydrogens (tertiary/aromatic N) is 2. The van der Waals surface area contributed by atoms with Crippen molar-refractivity contribution in [2.45, 2.75) is 31.7 Å². The highest BCUT2D eigenvalue weighted by molar-refractivity contribution is 5.93. The van der Waals surface area contributed by atoms with Gasteiger partial charge in [0.05, 0.1) is 17.4 Å². The largest absolute Gasteiger partial charge is 0.454 e. The van der Waals surface area contributed by atoms with Gasteiger partial charge < -0.3 is 14.8 Å². The molecule has 2 heterocycles. The van der Waals surface area contributed by atoms with E-state index in [0.717, 1.165) is 35.5 Å². The lowest BCUT2D eigenvalue weighted by Crippen LogP contribution is -2.28. The molecule has 1 unspecified atom stereocenters. The second-order valence-electron chi connectivity index (χ2n) is 7.28. The molecule has 1 aromatic heterocycles. The monoisotopic (exact) mass is 375 g/mol. The van der Waals surface area contributed by atoms with Crippen molar-refractivity contribution in [1.82, 2.24) is 15.1 Å². The average Bonchev–Trinajstić information content (AvgIpc) is 3.29. The van der Waals surface area contributed by atoms with Crippen LogP contribution in [0.5, 0.6) is 11.5 Å². The standard InChI is InChI=1S/C22H21N3O3/c1-14(16-9-10-20-21(11-16)28-13-27-20)23-22(26)19-12-18(15-7-8-15)24-25(19)17-5-3-2-4-6-17/h2-6,9-12,14-15H,7-8,13H2,1H3,(H,23,26). The molecule has 3 aromatic rings. The summed E-state index contributed by atoms with van der Waals surface area (Å²) in [6.07, 6.45) is 2.28. The Morgan fingerprint density at radius 3 is 2.68 bits per heavy atom. The van der Waals surface area contributed by atoms with Crippen LogP contribution in [0.2, 0.25) is 0 Å². The summed E-state index contributed by atoms with van der Waals surface area (Å²) < 4.78 is 12.5. The van der Waals surface area contributed by atoms with Crippen LogP contribution in [-0.2, 0) is 0 Å². The van der Waals surface area contributed by atoms with Crippen molar-refractivity contribution < 1.29 is 14.3 Å². The maximum atomic E-state index is 13.1. The molecule has 0 saturated heterocycles. The van der Waals surface area contributed by atoms with Crippen molar-refractivity contribution >= 4 is 5.91 Å². The van der Waals surface area contributed by atoms with Crippen molar-refractivity contribution in [3.05, 3.63) is 71.5 Å². The first-order valence-electron chi connectivity index (χ1n) is 9.55. The van der Waals surface area contributed by atoms with E-state index in [4.69, 9.17) is 14.6 Å². The van der Waals surface area contributed by atoms with E-state index >= 15 is 0 Å². The molecule has 2 aliphatic rings. The van der Waals surface area contributed by atoms with Crippen LogP contribution >= 0.6 is 0 Å². The van der Waals surface area contributed by atoms with Gasteiger partial charge in [-0.05, 0) is 55.7 Å². The van der Waals surface area contributed by atoms with Gasteiger partial charge in [-0.1, -0.05) is 24.3 Å². The number of carbonyl (C=O) groups is 1. The molecule has 1 amide bonds. The zero-order chi connectivity index (χ0) is 19.1. The third-order valence-electron chi connectivity index (χ3n) is 5.20. The number of carbonyl (C=O) groups excluding carboxylic acids is 1. The molecule has 1 aliphatic heterocycles. The fraction of sp³-hybridized carbons (Fsp3) is 0.273. The maximum absolute atomic E-state index is 13.1. The van der Waals surface area contributed by atoms with Crippen molar-refractivity contribution in [3.8, 4) is 17.2 Å².